The van der Waals surface area contributed by atoms with E-state index >= 15 is 0 Å². The van der Waals surface area contributed by atoms with E-state index in [0.717, 1.165) is 0 Å². The molecule has 0 aromatic rings. The van der Waals surface area contributed by atoms with Crippen molar-refractivity contribution in [2.45, 2.75) is 24.2 Å². The van der Waals surface area contributed by atoms with Gasteiger partial charge in [-0.3, -0.25) is 0 Å². The Morgan fingerprint density at radius 3 is 1.67 bits per heavy atom. The Bertz CT molecular complexity index is 259. The molecule has 1 heteroatoms. The summed E-state index contributed by atoms with van der Waals surface area (Å²) in [5.74, 6) is 0. The molecule has 0 aromatic heterocycles. The summed E-state index contributed by atoms with van der Waals surface area (Å²) in [6.45, 7) is 7.07. The monoisotopic (exact) mass is 178 g/mol. The first kappa shape index (κ1) is 8.26. The van der Waals surface area contributed by atoms with Gasteiger partial charge in [0.2, 0.25) is 0 Å². The molecule has 0 fully saturated rings. The van der Waals surface area contributed by atoms with Crippen LogP contribution in [0.4, 0.5) is 0 Å². The van der Waals surface area contributed by atoms with Crippen LogP contribution in [0.15, 0.2) is 36.5 Å². The van der Waals surface area contributed by atoms with Gasteiger partial charge in [-0.1, -0.05) is 44.4 Å². The van der Waals surface area contributed by atoms with Crippen molar-refractivity contribution in [3.63, 3.8) is 0 Å². The first-order valence-electron chi connectivity index (χ1n) is 4.38. The van der Waals surface area contributed by atoms with Crippen LogP contribution in [0.3, 0.4) is 0 Å². The highest BCUT2D eigenvalue weighted by Crippen LogP contribution is 2.64. The van der Waals surface area contributed by atoms with Crippen LogP contribution in [-0.2, 0) is 0 Å². The Balaban J connectivity index is 2.53. The van der Waals surface area contributed by atoms with Crippen LogP contribution in [0.25, 0.3) is 0 Å². The Labute approximate surface area is 75.8 Å². The number of hydrogen-bond acceptors (Lipinski definition) is 0. The van der Waals surface area contributed by atoms with E-state index in [-0.39, 0.29) is 7.92 Å². The van der Waals surface area contributed by atoms with E-state index in [1.165, 1.54) is 0 Å². The van der Waals surface area contributed by atoms with Gasteiger partial charge in [0.1, 0.15) is 0 Å². The van der Waals surface area contributed by atoms with Crippen LogP contribution in [0.2, 0.25) is 0 Å². The summed E-state index contributed by atoms with van der Waals surface area (Å²) in [4.78, 5) is 0. The molecule has 0 saturated heterocycles. The van der Waals surface area contributed by atoms with Crippen molar-refractivity contribution >= 4 is 7.92 Å². The Hall–Kier alpha value is -0.350. The molecule has 0 amide bonds. The molecule has 2 unspecified atom stereocenters. The molecular weight excluding hydrogens is 163 g/mol. The lowest BCUT2D eigenvalue weighted by atomic mass is 10.0. The predicted molar refractivity (Wildman–Crippen MR) is 57.1 cm³/mol. The van der Waals surface area contributed by atoms with Crippen molar-refractivity contribution in [3.8, 4) is 0 Å². The van der Waals surface area contributed by atoms with Crippen LogP contribution in [-0.4, -0.2) is 17.0 Å². The molecule has 2 aliphatic heterocycles. The average Bonchev–Trinajstić information content (AvgIpc) is 2.17. The number of rotatable bonds is 0. The average molecular weight is 178 g/mol. The lowest BCUT2D eigenvalue weighted by Gasteiger charge is -2.33. The van der Waals surface area contributed by atoms with Crippen molar-refractivity contribution in [3.05, 3.63) is 36.5 Å². The maximum Gasteiger partial charge on any atom is 0.0246 e. The summed E-state index contributed by atoms with van der Waals surface area (Å²) in [5.41, 5.74) is 0. The lowest BCUT2D eigenvalue weighted by molar-refractivity contribution is 0.979. The summed E-state index contributed by atoms with van der Waals surface area (Å²) in [6.07, 6.45) is 13.8. The van der Waals surface area contributed by atoms with E-state index in [0.29, 0.717) is 10.3 Å². The predicted octanol–water partition coefficient (Wildman–Crippen LogP) is 3.31. The third-order valence-corrected chi connectivity index (χ3v) is 6.67. The molecule has 0 radical (unpaired) electrons. The summed E-state index contributed by atoms with van der Waals surface area (Å²) in [7, 11) is 0.0216. The van der Waals surface area contributed by atoms with Crippen molar-refractivity contribution in [2.75, 3.05) is 6.66 Å². The topological polar surface area (TPSA) is 0 Å². The molecular formula is C11H15P. The van der Waals surface area contributed by atoms with Gasteiger partial charge in [-0.25, -0.2) is 0 Å². The largest absolute Gasteiger partial charge is 0.0818 e. The highest BCUT2D eigenvalue weighted by molar-refractivity contribution is 7.61. The van der Waals surface area contributed by atoms with Gasteiger partial charge in [-0.15, -0.1) is 0 Å². The minimum Gasteiger partial charge on any atom is -0.0818 e. The van der Waals surface area contributed by atoms with Crippen molar-refractivity contribution < 1.29 is 0 Å². The van der Waals surface area contributed by atoms with Crippen LogP contribution in [0.5, 0.6) is 0 Å². The third-order valence-electron chi connectivity index (χ3n) is 3.18. The zero-order chi connectivity index (χ0) is 8.82. The number of allylic oxidation sites excluding steroid dienone is 6. The molecule has 0 aromatic carbocycles. The molecule has 2 bridgehead atoms. The van der Waals surface area contributed by atoms with E-state index in [2.05, 4.69) is 57.0 Å². The van der Waals surface area contributed by atoms with Crippen LogP contribution >= 0.6 is 7.92 Å². The molecule has 64 valence electrons. The van der Waals surface area contributed by atoms with Crippen molar-refractivity contribution in [1.82, 2.24) is 0 Å². The van der Waals surface area contributed by atoms with E-state index in [1.807, 2.05) is 0 Å². The maximum atomic E-state index is 2.40. The SMILES string of the molecule is CP1C2(C)C=CC=CC1(C)C=C2. The van der Waals surface area contributed by atoms with E-state index < -0.39 is 0 Å². The zero-order valence-corrected chi connectivity index (χ0v) is 8.81. The van der Waals surface area contributed by atoms with Gasteiger partial charge in [0.15, 0.2) is 0 Å². The lowest BCUT2D eigenvalue weighted by Crippen LogP contribution is -2.19. The summed E-state index contributed by atoms with van der Waals surface area (Å²) in [5, 5.41) is 0.682. The second kappa shape index (κ2) is 2.33. The summed E-state index contributed by atoms with van der Waals surface area (Å²) in [6, 6.07) is 0. The smallest absolute Gasteiger partial charge is 0.0246 e. The van der Waals surface area contributed by atoms with Crippen LogP contribution in [0.1, 0.15) is 13.8 Å². The minimum atomic E-state index is 0.0216. The normalized spacial score (nSPS) is 49.8. The van der Waals surface area contributed by atoms with Gasteiger partial charge >= 0.3 is 0 Å². The van der Waals surface area contributed by atoms with Gasteiger partial charge in [0, 0.05) is 10.3 Å². The Kier molecular flexibility index (Phi) is 1.60. The fourth-order valence-corrected chi connectivity index (χ4v) is 4.17. The van der Waals surface area contributed by atoms with E-state index in [9.17, 15) is 0 Å². The van der Waals surface area contributed by atoms with Gasteiger partial charge in [0.25, 0.3) is 0 Å². The highest BCUT2D eigenvalue weighted by atomic mass is 31.1. The fourth-order valence-electron chi connectivity index (χ4n) is 1.92. The molecule has 0 nitrogen and oxygen atoms in total. The number of fused-ring (bicyclic) bond motifs is 2. The Morgan fingerprint density at radius 1 is 0.833 bits per heavy atom. The standard InChI is InChI=1S/C11H15P/c1-10-6-4-5-7-11(2,9-8-10)12(10)3/h4-9H,1-3H3. The van der Waals surface area contributed by atoms with Crippen molar-refractivity contribution in [1.29, 1.82) is 0 Å². The minimum absolute atomic E-state index is 0.0216. The second-order valence-corrected chi connectivity index (χ2v) is 7.11. The van der Waals surface area contributed by atoms with Crippen LogP contribution in [0, 0.1) is 0 Å². The highest BCUT2D eigenvalue weighted by Gasteiger charge is 2.42. The zero-order valence-electron chi connectivity index (χ0n) is 7.91. The van der Waals surface area contributed by atoms with Crippen LogP contribution < -0.4 is 0 Å². The van der Waals surface area contributed by atoms with Gasteiger partial charge in [-0.05, 0) is 20.5 Å². The molecule has 2 rings (SSSR count). The third kappa shape index (κ3) is 0.944. The van der Waals surface area contributed by atoms with Gasteiger partial charge in [-0.2, -0.15) is 0 Å². The molecule has 2 aliphatic rings. The number of hydrogen-bond donors (Lipinski definition) is 0. The Morgan fingerprint density at radius 2 is 1.25 bits per heavy atom. The van der Waals surface area contributed by atoms with Gasteiger partial charge < -0.3 is 0 Å². The summed E-state index contributed by atoms with van der Waals surface area (Å²) >= 11 is 0. The van der Waals surface area contributed by atoms with E-state index in [1.54, 1.807) is 0 Å². The second-order valence-electron chi connectivity index (χ2n) is 4.06. The van der Waals surface area contributed by atoms with E-state index in [4.69, 9.17) is 0 Å². The molecule has 2 atom stereocenters. The molecule has 2 heterocycles. The quantitative estimate of drug-likeness (QED) is 0.394. The fraction of sp³-hybridized carbons (Fsp3) is 0.455. The maximum absolute atomic E-state index is 2.40. The summed E-state index contributed by atoms with van der Waals surface area (Å²) < 4.78 is 0. The molecule has 12 heavy (non-hydrogen) atoms. The molecule has 0 aliphatic carbocycles. The molecule has 0 saturated carbocycles. The van der Waals surface area contributed by atoms with Gasteiger partial charge in [0.05, 0.1) is 0 Å². The molecule has 0 N–H and O–H groups in total. The van der Waals surface area contributed by atoms with Crippen molar-refractivity contribution in [2.24, 2.45) is 0 Å². The first-order valence-corrected chi connectivity index (χ1v) is 6.17. The molecule has 0 spiro atoms. The first-order chi connectivity index (χ1) is 5.57.